The van der Waals surface area contributed by atoms with Gasteiger partial charge in [0.1, 0.15) is 5.78 Å². The molecule has 0 aliphatic heterocycles. The van der Waals surface area contributed by atoms with Crippen LogP contribution in [0.15, 0.2) is 22.8 Å². The largest absolute Gasteiger partial charge is 0.466 e. The van der Waals surface area contributed by atoms with Crippen molar-refractivity contribution in [1.29, 1.82) is 0 Å². The summed E-state index contributed by atoms with van der Waals surface area (Å²) in [5.41, 5.74) is 0.102. The quantitative estimate of drug-likeness (QED) is 0.341. The van der Waals surface area contributed by atoms with E-state index in [4.69, 9.17) is 4.74 Å². The molecule has 4 aliphatic rings. The molecule has 0 bridgehead atoms. The van der Waals surface area contributed by atoms with Crippen LogP contribution in [-0.4, -0.2) is 35.4 Å². The van der Waals surface area contributed by atoms with Crippen LogP contribution >= 0.6 is 0 Å². The second-order valence-corrected chi connectivity index (χ2v) is 14.2. The number of ether oxygens (including phenoxy) is 1. The summed E-state index contributed by atoms with van der Waals surface area (Å²) in [7, 11) is 1.40. The molecular formula is C32H48O5. The van der Waals surface area contributed by atoms with Crippen molar-refractivity contribution in [3.05, 3.63) is 22.8 Å². The van der Waals surface area contributed by atoms with Crippen LogP contribution in [0.2, 0.25) is 0 Å². The molecule has 0 saturated heterocycles. The fourth-order valence-corrected chi connectivity index (χ4v) is 9.46. The smallest absolute Gasteiger partial charge is 0.333 e. The summed E-state index contributed by atoms with van der Waals surface area (Å²) in [5, 5.41) is 12.5. The average molecular weight is 513 g/mol. The molecule has 5 nitrogen and oxygen atoms in total. The van der Waals surface area contributed by atoms with E-state index in [0.717, 1.165) is 30.4 Å². The highest BCUT2D eigenvalue weighted by Crippen LogP contribution is 2.71. The van der Waals surface area contributed by atoms with E-state index in [-0.39, 0.29) is 40.3 Å². The number of carbonyl (C=O) groups is 3. The molecule has 0 aromatic carbocycles. The van der Waals surface area contributed by atoms with E-state index in [1.807, 2.05) is 6.08 Å². The number of fused-ring (bicyclic) bond motifs is 4. The Labute approximate surface area is 223 Å². The van der Waals surface area contributed by atoms with Crippen molar-refractivity contribution in [2.45, 2.75) is 112 Å². The van der Waals surface area contributed by atoms with Gasteiger partial charge in [-0.3, -0.25) is 9.59 Å². The second kappa shape index (κ2) is 8.89. The van der Waals surface area contributed by atoms with Crippen molar-refractivity contribution in [1.82, 2.24) is 0 Å². The zero-order valence-corrected chi connectivity index (χ0v) is 24.5. The monoisotopic (exact) mass is 512 g/mol. The van der Waals surface area contributed by atoms with E-state index in [2.05, 4.69) is 48.5 Å². The molecule has 4 aliphatic carbocycles. The summed E-state index contributed by atoms with van der Waals surface area (Å²) in [6.45, 7) is 17.0. The third kappa shape index (κ3) is 3.77. The molecule has 1 N–H and O–H groups in total. The first-order valence-electron chi connectivity index (χ1n) is 14.3. The zero-order valence-electron chi connectivity index (χ0n) is 24.5. The van der Waals surface area contributed by atoms with Gasteiger partial charge >= 0.3 is 5.97 Å². The van der Waals surface area contributed by atoms with Gasteiger partial charge in [0.25, 0.3) is 0 Å². The number of rotatable bonds is 5. The maximum atomic E-state index is 13.9. The lowest BCUT2D eigenvalue weighted by Gasteiger charge is -2.64. The Kier molecular flexibility index (Phi) is 6.79. The Morgan fingerprint density at radius 2 is 1.73 bits per heavy atom. The molecule has 3 saturated carbocycles. The lowest BCUT2D eigenvalue weighted by atomic mass is 9.41. The Balaban J connectivity index is 1.71. The third-order valence-corrected chi connectivity index (χ3v) is 12.1. The number of methoxy groups -OCH3 is 1. The molecule has 5 heteroatoms. The highest BCUT2D eigenvalue weighted by molar-refractivity contribution is 6.01. The van der Waals surface area contributed by atoms with Crippen LogP contribution in [-0.2, 0) is 19.1 Å². The molecule has 206 valence electrons. The van der Waals surface area contributed by atoms with Gasteiger partial charge in [-0.1, -0.05) is 54.5 Å². The molecule has 0 heterocycles. The van der Waals surface area contributed by atoms with Gasteiger partial charge in [0.2, 0.25) is 0 Å². The summed E-state index contributed by atoms with van der Waals surface area (Å²) in [6.07, 6.45) is 7.51. The van der Waals surface area contributed by atoms with Gasteiger partial charge in [0, 0.05) is 40.2 Å². The van der Waals surface area contributed by atoms with Gasteiger partial charge < -0.3 is 9.84 Å². The topological polar surface area (TPSA) is 80.7 Å². The van der Waals surface area contributed by atoms with Crippen LogP contribution in [0.5, 0.6) is 0 Å². The fourth-order valence-electron chi connectivity index (χ4n) is 9.46. The van der Waals surface area contributed by atoms with Crippen LogP contribution < -0.4 is 0 Å². The van der Waals surface area contributed by atoms with Crippen LogP contribution in [0.25, 0.3) is 0 Å². The van der Waals surface area contributed by atoms with Gasteiger partial charge in [-0.2, -0.15) is 0 Å². The first-order valence-corrected chi connectivity index (χ1v) is 14.3. The average Bonchev–Trinajstić information content (AvgIpc) is 3.02. The van der Waals surface area contributed by atoms with Gasteiger partial charge in [-0.25, -0.2) is 4.79 Å². The predicted octanol–water partition coefficient (Wildman–Crippen LogP) is 6.38. The Morgan fingerprint density at radius 3 is 2.35 bits per heavy atom. The maximum Gasteiger partial charge on any atom is 0.333 e. The number of carbonyl (C=O) groups excluding carboxylic acids is 3. The number of esters is 1. The van der Waals surface area contributed by atoms with Gasteiger partial charge in [0.05, 0.1) is 12.7 Å². The molecular weight excluding hydrogens is 464 g/mol. The van der Waals surface area contributed by atoms with E-state index >= 15 is 0 Å². The minimum atomic E-state index is -1.03. The fraction of sp³-hybridized carbons (Fsp3) is 0.781. The number of hydrogen-bond acceptors (Lipinski definition) is 5. The molecule has 4 rings (SSSR count). The Hall–Kier alpha value is -1.75. The van der Waals surface area contributed by atoms with Crippen molar-refractivity contribution in [3.8, 4) is 0 Å². The molecule has 7 unspecified atom stereocenters. The minimum Gasteiger partial charge on any atom is -0.466 e. The minimum absolute atomic E-state index is 0.118. The summed E-state index contributed by atoms with van der Waals surface area (Å²) in [5.74, 6) is 0.752. The zero-order chi connectivity index (χ0) is 27.8. The molecule has 37 heavy (non-hydrogen) atoms. The molecule has 0 amide bonds. The second-order valence-electron chi connectivity index (χ2n) is 14.2. The van der Waals surface area contributed by atoms with Crippen molar-refractivity contribution in [3.63, 3.8) is 0 Å². The molecule has 0 aromatic heterocycles. The van der Waals surface area contributed by atoms with E-state index in [1.54, 1.807) is 6.92 Å². The highest BCUT2D eigenvalue weighted by atomic mass is 16.5. The first kappa shape index (κ1) is 28.3. The lowest BCUT2D eigenvalue weighted by molar-refractivity contribution is -0.177. The predicted molar refractivity (Wildman–Crippen MR) is 145 cm³/mol. The van der Waals surface area contributed by atoms with Crippen LogP contribution in [0.1, 0.15) is 107 Å². The molecule has 0 aromatic rings. The SMILES string of the molecule is COC(=O)C(C)=CC(C)CC(C)C1(C)CC(=O)C2=C3CCC4C(C)(C)C(=O)CCC4(C)C3(O)CCC21C. The molecule has 0 spiro atoms. The standard InChI is InChI=1S/C32H48O5/c1-19(16-20(2)27(35)37-9)17-21(3)31(8)18-23(33)26-22-10-11-24-28(4,5)25(34)12-13-29(24,6)32(22,36)15-14-30(26,31)7/h16,19,21,24,36H,10-15,17-18H2,1-9H3. The van der Waals surface area contributed by atoms with Crippen LogP contribution in [0.3, 0.4) is 0 Å². The van der Waals surface area contributed by atoms with Gasteiger partial charge in [-0.15, -0.1) is 0 Å². The molecule has 7 atom stereocenters. The number of Topliss-reactive ketones (excluding diaryl/α,β-unsaturated/α-hetero) is 2. The number of hydrogen-bond donors (Lipinski definition) is 1. The van der Waals surface area contributed by atoms with E-state index in [0.29, 0.717) is 43.5 Å². The summed E-state index contributed by atoms with van der Waals surface area (Å²) in [6, 6.07) is 0. The maximum absolute atomic E-state index is 13.9. The Morgan fingerprint density at radius 1 is 1.08 bits per heavy atom. The lowest BCUT2D eigenvalue weighted by Crippen LogP contribution is -2.64. The number of allylic oxidation sites excluding steroid dienone is 2. The number of aliphatic hydroxyl groups is 1. The normalized spacial score (nSPS) is 41.0. The summed E-state index contributed by atoms with van der Waals surface area (Å²) in [4.78, 5) is 38.6. The van der Waals surface area contributed by atoms with Gasteiger partial charge in [-0.05, 0) is 74.2 Å². The molecule has 3 fully saturated rings. The number of ketones is 2. The van der Waals surface area contributed by atoms with Crippen LogP contribution in [0.4, 0.5) is 0 Å². The van der Waals surface area contributed by atoms with Crippen molar-refractivity contribution < 1.29 is 24.2 Å². The van der Waals surface area contributed by atoms with Gasteiger partial charge in [0.15, 0.2) is 5.78 Å². The van der Waals surface area contributed by atoms with Crippen molar-refractivity contribution in [2.75, 3.05) is 7.11 Å². The van der Waals surface area contributed by atoms with Crippen LogP contribution in [0, 0.1) is 39.4 Å². The van der Waals surface area contributed by atoms with E-state index in [9.17, 15) is 19.5 Å². The first-order chi connectivity index (χ1) is 17.0. The highest BCUT2D eigenvalue weighted by Gasteiger charge is 2.69. The van der Waals surface area contributed by atoms with E-state index < -0.39 is 16.4 Å². The molecule has 0 radical (unpaired) electrons. The van der Waals surface area contributed by atoms with Crippen molar-refractivity contribution in [2.24, 2.45) is 39.4 Å². The third-order valence-electron chi connectivity index (χ3n) is 12.1. The van der Waals surface area contributed by atoms with E-state index in [1.165, 1.54) is 7.11 Å². The summed E-state index contributed by atoms with van der Waals surface area (Å²) >= 11 is 0. The Bertz CT molecular complexity index is 1080. The van der Waals surface area contributed by atoms with Crippen molar-refractivity contribution >= 4 is 17.5 Å². The summed E-state index contributed by atoms with van der Waals surface area (Å²) < 4.78 is 4.86.